The minimum absolute atomic E-state index is 0.0577. The molecular formula is C22H21N3O3S. The lowest BCUT2D eigenvalue weighted by Crippen LogP contribution is -2.29. The average molecular weight is 407 g/mol. The largest absolute Gasteiger partial charge is 0.457 e. The number of carbonyl (C=O) groups is 1. The minimum atomic E-state index is -0.185. The molecule has 1 atom stereocenters. The number of fused-ring (bicyclic) bond motifs is 1. The van der Waals surface area contributed by atoms with E-state index in [-0.39, 0.29) is 23.9 Å². The normalized spacial score (nSPS) is 15.0. The van der Waals surface area contributed by atoms with Gasteiger partial charge in [0, 0.05) is 29.1 Å². The van der Waals surface area contributed by atoms with Gasteiger partial charge in [-0.2, -0.15) is 0 Å². The molecule has 0 saturated heterocycles. The molecule has 2 aromatic carbocycles. The van der Waals surface area contributed by atoms with Crippen LogP contribution >= 0.6 is 11.8 Å². The molecule has 2 heterocycles. The fraction of sp³-hybridized carbons (Fsp3) is 0.227. The van der Waals surface area contributed by atoms with Gasteiger partial charge in [-0.3, -0.25) is 14.2 Å². The molecule has 1 unspecified atom stereocenters. The smallest absolute Gasteiger partial charge is 0.257 e. The zero-order valence-corrected chi connectivity index (χ0v) is 17.0. The Labute approximate surface area is 172 Å². The lowest BCUT2D eigenvalue weighted by molar-refractivity contribution is -0.116. The maximum Gasteiger partial charge on any atom is 0.257 e. The number of nitrogens with one attached hydrogen (secondary N) is 1. The van der Waals surface area contributed by atoms with Gasteiger partial charge in [0.25, 0.3) is 5.56 Å². The summed E-state index contributed by atoms with van der Waals surface area (Å²) < 4.78 is 7.41. The van der Waals surface area contributed by atoms with Crippen molar-refractivity contribution < 1.29 is 9.53 Å². The number of carbonyl (C=O) groups excluding carboxylic acids is 1. The molecule has 1 amide bonds. The van der Waals surface area contributed by atoms with Gasteiger partial charge in [-0.1, -0.05) is 30.0 Å². The zero-order chi connectivity index (χ0) is 20.4. The van der Waals surface area contributed by atoms with Crippen LogP contribution in [0.25, 0.3) is 0 Å². The summed E-state index contributed by atoms with van der Waals surface area (Å²) in [5, 5.41) is 3.59. The number of aryl methyl sites for hydroxylation is 1. The van der Waals surface area contributed by atoms with Crippen LogP contribution in [0.1, 0.15) is 23.7 Å². The molecule has 148 valence electrons. The van der Waals surface area contributed by atoms with Gasteiger partial charge < -0.3 is 10.1 Å². The van der Waals surface area contributed by atoms with Gasteiger partial charge in [0.15, 0.2) is 5.16 Å². The summed E-state index contributed by atoms with van der Waals surface area (Å²) in [6.07, 6.45) is 0.229. The standard InChI is InChI=1S/C22H21N3O3S/c1-14-15(2)23-22-25(21(14)27)17(13-29-22)12-20(26)24-16-8-10-19(11-9-16)28-18-6-4-3-5-7-18/h3-11,17H,12-13H2,1-2H3,(H,24,26). The van der Waals surface area contributed by atoms with Crippen LogP contribution in [-0.2, 0) is 4.79 Å². The number of benzene rings is 2. The highest BCUT2D eigenvalue weighted by molar-refractivity contribution is 7.99. The summed E-state index contributed by atoms with van der Waals surface area (Å²) in [5.41, 5.74) is 2.01. The summed E-state index contributed by atoms with van der Waals surface area (Å²) >= 11 is 1.52. The molecule has 4 rings (SSSR count). The summed E-state index contributed by atoms with van der Waals surface area (Å²) in [5.74, 6) is 1.98. The van der Waals surface area contributed by atoms with Crippen molar-refractivity contribution in [2.75, 3.05) is 11.1 Å². The molecule has 0 aliphatic carbocycles. The minimum Gasteiger partial charge on any atom is -0.457 e. The Morgan fingerprint density at radius 3 is 2.55 bits per heavy atom. The number of nitrogens with zero attached hydrogens (tertiary/aromatic N) is 2. The van der Waals surface area contributed by atoms with Gasteiger partial charge in [0.2, 0.25) is 5.91 Å². The summed E-state index contributed by atoms with van der Waals surface area (Å²) in [7, 11) is 0. The number of anilines is 1. The van der Waals surface area contributed by atoms with E-state index in [1.165, 1.54) is 11.8 Å². The fourth-order valence-corrected chi connectivity index (χ4v) is 4.36. The highest BCUT2D eigenvalue weighted by Crippen LogP contribution is 2.32. The van der Waals surface area contributed by atoms with Crippen molar-refractivity contribution in [1.29, 1.82) is 0 Å². The molecule has 0 spiro atoms. The van der Waals surface area contributed by atoms with Gasteiger partial charge >= 0.3 is 0 Å². The molecule has 0 bridgehead atoms. The molecule has 1 aliphatic heterocycles. The van der Waals surface area contributed by atoms with Crippen molar-refractivity contribution >= 4 is 23.4 Å². The van der Waals surface area contributed by atoms with E-state index in [1.54, 1.807) is 23.6 Å². The van der Waals surface area contributed by atoms with Crippen LogP contribution in [0.15, 0.2) is 64.5 Å². The van der Waals surface area contributed by atoms with Gasteiger partial charge in [-0.15, -0.1) is 0 Å². The first-order valence-corrected chi connectivity index (χ1v) is 10.3. The monoisotopic (exact) mass is 407 g/mol. The first kappa shape index (κ1) is 19.3. The molecule has 1 aliphatic rings. The maximum absolute atomic E-state index is 12.6. The lowest BCUT2D eigenvalue weighted by Gasteiger charge is -2.14. The maximum atomic E-state index is 12.6. The van der Waals surface area contributed by atoms with E-state index >= 15 is 0 Å². The topological polar surface area (TPSA) is 73.2 Å². The van der Waals surface area contributed by atoms with E-state index < -0.39 is 0 Å². The third kappa shape index (κ3) is 4.19. The Bertz CT molecular complexity index is 1090. The Hall–Kier alpha value is -3.06. The van der Waals surface area contributed by atoms with E-state index in [9.17, 15) is 9.59 Å². The number of thioether (sulfide) groups is 1. The Balaban J connectivity index is 1.40. The van der Waals surface area contributed by atoms with Crippen molar-refractivity contribution in [1.82, 2.24) is 9.55 Å². The second-order valence-corrected chi connectivity index (χ2v) is 7.92. The zero-order valence-electron chi connectivity index (χ0n) is 16.2. The molecule has 29 heavy (non-hydrogen) atoms. The number of aromatic nitrogens is 2. The Morgan fingerprint density at radius 1 is 1.14 bits per heavy atom. The van der Waals surface area contributed by atoms with Crippen LogP contribution in [0.5, 0.6) is 11.5 Å². The number of ether oxygens (including phenoxy) is 1. The molecule has 7 heteroatoms. The van der Waals surface area contributed by atoms with Crippen LogP contribution in [-0.4, -0.2) is 21.2 Å². The average Bonchev–Trinajstić information content (AvgIpc) is 3.10. The third-order valence-corrected chi connectivity index (χ3v) is 5.96. The van der Waals surface area contributed by atoms with Crippen LogP contribution in [0, 0.1) is 13.8 Å². The highest BCUT2D eigenvalue weighted by Gasteiger charge is 2.28. The van der Waals surface area contributed by atoms with E-state index in [0.29, 0.717) is 27.9 Å². The number of amides is 1. The van der Waals surface area contributed by atoms with Crippen molar-refractivity contribution in [3.05, 3.63) is 76.2 Å². The SMILES string of the molecule is Cc1nc2n(c(=O)c1C)C(CC(=O)Nc1ccc(Oc3ccccc3)cc1)CS2. The van der Waals surface area contributed by atoms with Crippen molar-refractivity contribution in [2.45, 2.75) is 31.5 Å². The van der Waals surface area contributed by atoms with Gasteiger partial charge in [-0.05, 0) is 50.2 Å². The second kappa shape index (κ2) is 8.13. The summed E-state index contributed by atoms with van der Waals surface area (Å²) in [6, 6.07) is 16.5. The summed E-state index contributed by atoms with van der Waals surface area (Å²) in [4.78, 5) is 29.6. The van der Waals surface area contributed by atoms with Gasteiger partial charge in [0.05, 0.1) is 6.04 Å². The summed E-state index contributed by atoms with van der Waals surface area (Å²) in [6.45, 7) is 3.61. The molecule has 0 fully saturated rings. The lowest BCUT2D eigenvalue weighted by atomic mass is 10.2. The van der Waals surface area contributed by atoms with Crippen LogP contribution < -0.4 is 15.6 Å². The van der Waals surface area contributed by atoms with Gasteiger partial charge in [0.1, 0.15) is 11.5 Å². The van der Waals surface area contributed by atoms with Gasteiger partial charge in [-0.25, -0.2) is 4.98 Å². The van der Waals surface area contributed by atoms with E-state index in [4.69, 9.17) is 4.74 Å². The van der Waals surface area contributed by atoms with Crippen LogP contribution in [0.4, 0.5) is 5.69 Å². The molecule has 3 aromatic rings. The predicted octanol–water partition coefficient (Wildman–Crippen LogP) is 4.33. The highest BCUT2D eigenvalue weighted by atomic mass is 32.2. The Kier molecular flexibility index (Phi) is 5.40. The fourth-order valence-electron chi connectivity index (χ4n) is 3.18. The third-order valence-electron chi connectivity index (χ3n) is 4.86. The first-order chi connectivity index (χ1) is 14.0. The Morgan fingerprint density at radius 2 is 1.83 bits per heavy atom. The quantitative estimate of drug-likeness (QED) is 0.638. The first-order valence-electron chi connectivity index (χ1n) is 9.36. The predicted molar refractivity (Wildman–Crippen MR) is 114 cm³/mol. The number of hydrogen-bond donors (Lipinski definition) is 1. The number of hydrogen-bond acceptors (Lipinski definition) is 5. The second-order valence-electron chi connectivity index (χ2n) is 6.94. The molecular weight excluding hydrogens is 386 g/mol. The van der Waals surface area contributed by atoms with Crippen molar-refractivity contribution in [2.24, 2.45) is 0 Å². The van der Waals surface area contributed by atoms with Crippen LogP contribution in [0.3, 0.4) is 0 Å². The molecule has 0 radical (unpaired) electrons. The molecule has 6 nitrogen and oxygen atoms in total. The number of para-hydroxylation sites is 1. The molecule has 0 saturated carbocycles. The van der Waals surface area contributed by atoms with Crippen molar-refractivity contribution in [3.8, 4) is 11.5 Å². The van der Waals surface area contributed by atoms with Crippen LogP contribution in [0.2, 0.25) is 0 Å². The van der Waals surface area contributed by atoms with Crippen molar-refractivity contribution in [3.63, 3.8) is 0 Å². The van der Waals surface area contributed by atoms with E-state index in [2.05, 4.69) is 10.3 Å². The van der Waals surface area contributed by atoms with E-state index in [1.807, 2.05) is 49.4 Å². The molecule has 1 N–H and O–H groups in total. The van der Waals surface area contributed by atoms with E-state index in [0.717, 1.165) is 11.4 Å². The molecule has 1 aromatic heterocycles. The number of rotatable bonds is 5.